The van der Waals surface area contributed by atoms with Gasteiger partial charge in [0.25, 0.3) is 0 Å². The van der Waals surface area contributed by atoms with Crippen LogP contribution in [0.3, 0.4) is 0 Å². The van der Waals surface area contributed by atoms with Crippen LogP contribution in [-0.4, -0.2) is 12.1 Å². The van der Waals surface area contributed by atoms with E-state index in [1.807, 2.05) is 13.0 Å². The summed E-state index contributed by atoms with van der Waals surface area (Å²) in [5, 5.41) is 2.19. The van der Waals surface area contributed by atoms with Crippen molar-refractivity contribution >= 4 is 26.7 Å². The van der Waals surface area contributed by atoms with Gasteiger partial charge >= 0.3 is 0 Å². The van der Waals surface area contributed by atoms with E-state index in [0.29, 0.717) is 5.88 Å². The number of rotatable bonds is 1. The minimum Gasteiger partial charge on any atom is -0.481 e. The lowest BCUT2D eigenvalue weighted by molar-refractivity contribution is 0.402. The lowest BCUT2D eigenvalue weighted by Crippen LogP contribution is -1.93. The average Bonchev–Trinajstić information content (AvgIpc) is 2.23. The summed E-state index contributed by atoms with van der Waals surface area (Å²) in [6.45, 7) is 4.04. The molecular weight excluding hydrogens is 254 g/mol. The maximum absolute atomic E-state index is 5.27. The smallest absolute Gasteiger partial charge is 0.221 e. The highest BCUT2D eigenvalue weighted by Crippen LogP contribution is 2.32. The minimum atomic E-state index is 0.686. The van der Waals surface area contributed by atoms with E-state index in [4.69, 9.17) is 4.74 Å². The molecule has 0 N–H and O–H groups in total. The number of hydrogen-bond acceptors (Lipinski definition) is 2. The molecule has 0 radical (unpaired) electrons. The van der Waals surface area contributed by atoms with Crippen molar-refractivity contribution in [1.82, 2.24) is 4.98 Å². The number of aryl methyl sites for hydroxylation is 2. The van der Waals surface area contributed by atoms with Crippen molar-refractivity contribution < 1.29 is 4.74 Å². The Balaban J connectivity index is 2.90. The van der Waals surface area contributed by atoms with Gasteiger partial charge in [0.1, 0.15) is 0 Å². The lowest BCUT2D eigenvalue weighted by atomic mass is 10.1. The molecule has 2 rings (SSSR count). The van der Waals surface area contributed by atoms with E-state index < -0.39 is 0 Å². The van der Waals surface area contributed by atoms with E-state index >= 15 is 0 Å². The number of pyridine rings is 1. The van der Waals surface area contributed by atoms with Crippen LogP contribution in [0.2, 0.25) is 0 Å². The Morgan fingerprint density at radius 3 is 2.60 bits per heavy atom. The summed E-state index contributed by atoms with van der Waals surface area (Å²) in [6, 6.07) is 6.24. The molecule has 0 aliphatic carbocycles. The van der Waals surface area contributed by atoms with Gasteiger partial charge in [-0.25, -0.2) is 4.98 Å². The fourth-order valence-electron chi connectivity index (χ4n) is 1.64. The number of halogens is 1. The van der Waals surface area contributed by atoms with Gasteiger partial charge in [0, 0.05) is 15.2 Å². The van der Waals surface area contributed by atoms with Gasteiger partial charge in [-0.3, -0.25) is 0 Å². The highest BCUT2D eigenvalue weighted by molar-refractivity contribution is 9.10. The predicted octanol–water partition coefficient (Wildman–Crippen LogP) is 3.62. The van der Waals surface area contributed by atoms with Crippen molar-refractivity contribution in [2.24, 2.45) is 0 Å². The molecule has 0 saturated carbocycles. The quantitative estimate of drug-likeness (QED) is 0.786. The number of benzene rings is 1. The normalized spacial score (nSPS) is 10.7. The van der Waals surface area contributed by atoms with E-state index in [1.54, 1.807) is 7.11 Å². The SMILES string of the molecule is COc1nc(C)c(Br)c2cc(C)ccc12. The molecule has 0 saturated heterocycles. The molecule has 15 heavy (non-hydrogen) atoms. The zero-order valence-electron chi connectivity index (χ0n) is 8.97. The van der Waals surface area contributed by atoms with Crippen LogP contribution in [0.25, 0.3) is 10.8 Å². The van der Waals surface area contributed by atoms with Crippen LogP contribution in [-0.2, 0) is 0 Å². The Bertz CT molecular complexity index is 523. The molecule has 1 aromatic carbocycles. The molecule has 0 aliphatic rings. The lowest BCUT2D eigenvalue weighted by Gasteiger charge is -2.09. The van der Waals surface area contributed by atoms with Crippen LogP contribution in [0.5, 0.6) is 5.88 Å². The molecule has 3 heteroatoms. The van der Waals surface area contributed by atoms with E-state index in [1.165, 1.54) is 5.56 Å². The molecule has 78 valence electrons. The Hall–Kier alpha value is -1.09. The molecule has 0 aliphatic heterocycles. The molecule has 0 fully saturated rings. The Kier molecular flexibility index (Phi) is 2.65. The van der Waals surface area contributed by atoms with Gasteiger partial charge in [-0.2, -0.15) is 0 Å². The van der Waals surface area contributed by atoms with Gasteiger partial charge in [-0.1, -0.05) is 17.7 Å². The summed E-state index contributed by atoms with van der Waals surface area (Å²) in [6.07, 6.45) is 0. The van der Waals surface area contributed by atoms with Crippen molar-refractivity contribution in [1.29, 1.82) is 0 Å². The summed E-state index contributed by atoms with van der Waals surface area (Å²) >= 11 is 3.56. The summed E-state index contributed by atoms with van der Waals surface area (Å²) in [7, 11) is 1.65. The van der Waals surface area contributed by atoms with Crippen molar-refractivity contribution in [2.45, 2.75) is 13.8 Å². The number of aromatic nitrogens is 1. The molecule has 1 heterocycles. The van der Waals surface area contributed by atoms with Crippen LogP contribution in [0, 0.1) is 13.8 Å². The second-order valence-corrected chi connectivity index (χ2v) is 4.36. The second-order valence-electron chi connectivity index (χ2n) is 3.57. The van der Waals surface area contributed by atoms with Gasteiger partial charge < -0.3 is 4.74 Å². The van der Waals surface area contributed by atoms with Crippen LogP contribution in [0.1, 0.15) is 11.3 Å². The van der Waals surface area contributed by atoms with Crippen molar-refractivity contribution in [3.8, 4) is 5.88 Å². The summed E-state index contributed by atoms with van der Waals surface area (Å²) in [5.41, 5.74) is 2.18. The number of methoxy groups -OCH3 is 1. The third kappa shape index (κ3) is 1.72. The molecular formula is C12H12BrNO. The number of hydrogen-bond donors (Lipinski definition) is 0. The summed E-state index contributed by atoms with van der Waals surface area (Å²) < 4.78 is 6.31. The molecule has 0 spiro atoms. The van der Waals surface area contributed by atoms with E-state index in [2.05, 4.69) is 40.0 Å². The largest absolute Gasteiger partial charge is 0.481 e. The highest BCUT2D eigenvalue weighted by atomic mass is 79.9. The van der Waals surface area contributed by atoms with Gasteiger partial charge in [0.2, 0.25) is 5.88 Å². The maximum atomic E-state index is 5.27. The number of nitrogens with zero attached hydrogens (tertiary/aromatic N) is 1. The topological polar surface area (TPSA) is 22.1 Å². The Labute approximate surface area is 97.4 Å². The molecule has 0 amide bonds. The summed E-state index contributed by atoms with van der Waals surface area (Å²) in [5.74, 6) is 0.686. The molecule has 1 aromatic heterocycles. The third-order valence-corrected chi connectivity index (χ3v) is 3.42. The zero-order valence-corrected chi connectivity index (χ0v) is 10.6. The van der Waals surface area contributed by atoms with Crippen molar-refractivity contribution in [2.75, 3.05) is 7.11 Å². The standard InChI is InChI=1S/C12H12BrNO/c1-7-4-5-9-10(6-7)11(13)8(2)14-12(9)15-3/h4-6H,1-3H3. The minimum absolute atomic E-state index is 0.686. The first-order chi connectivity index (χ1) is 7.13. The Morgan fingerprint density at radius 1 is 1.20 bits per heavy atom. The highest BCUT2D eigenvalue weighted by Gasteiger charge is 2.09. The molecule has 2 nitrogen and oxygen atoms in total. The monoisotopic (exact) mass is 265 g/mol. The molecule has 0 atom stereocenters. The van der Waals surface area contributed by atoms with Crippen molar-refractivity contribution in [3.63, 3.8) is 0 Å². The van der Waals surface area contributed by atoms with E-state index in [9.17, 15) is 0 Å². The fraction of sp³-hybridized carbons (Fsp3) is 0.250. The van der Waals surface area contributed by atoms with Gasteiger partial charge in [0.05, 0.1) is 12.8 Å². The van der Waals surface area contributed by atoms with Gasteiger partial charge in [-0.05, 0) is 35.8 Å². The Morgan fingerprint density at radius 2 is 1.93 bits per heavy atom. The number of fused-ring (bicyclic) bond motifs is 1. The summed E-state index contributed by atoms with van der Waals surface area (Å²) in [4.78, 5) is 4.38. The fourth-order valence-corrected chi connectivity index (χ4v) is 2.06. The molecule has 0 unspecified atom stereocenters. The zero-order chi connectivity index (χ0) is 11.0. The third-order valence-electron chi connectivity index (χ3n) is 2.42. The molecule has 2 aromatic rings. The number of ether oxygens (including phenoxy) is 1. The van der Waals surface area contributed by atoms with Crippen LogP contribution < -0.4 is 4.74 Å². The van der Waals surface area contributed by atoms with Crippen LogP contribution in [0.4, 0.5) is 0 Å². The van der Waals surface area contributed by atoms with Gasteiger partial charge in [0.15, 0.2) is 0 Å². The average molecular weight is 266 g/mol. The predicted molar refractivity (Wildman–Crippen MR) is 65.5 cm³/mol. The first kappa shape index (κ1) is 10.4. The van der Waals surface area contributed by atoms with Gasteiger partial charge in [-0.15, -0.1) is 0 Å². The first-order valence-electron chi connectivity index (χ1n) is 4.74. The van der Waals surface area contributed by atoms with Crippen LogP contribution >= 0.6 is 15.9 Å². The van der Waals surface area contributed by atoms with E-state index in [0.717, 1.165) is 20.9 Å². The van der Waals surface area contributed by atoms with Crippen molar-refractivity contribution in [3.05, 3.63) is 33.9 Å². The second kappa shape index (κ2) is 3.81. The maximum Gasteiger partial charge on any atom is 0.221 e. The molecule has 0 bridgehead atoms. The van der Waals surface area contributed by atoms with E-state index in [-0.39, 0.29) is 0 Å². The first-order valence-corrected chi connectivity index (χ1v) is 5.53. The van der Waals surface area contributed by atoms with Crippen LogP contribution in [0.15, 0.2) is 22.7 Å².